The van der Waals surface area contributed by atoms with E-state index in [0.29, 0.717) is 187 Å². The number of nitrogens with zero attached hydrogens (tertiary/aromatic N) is 18. The number of hydrogen-bond acceptors (Lipinski definition) is 32. The van der Waals surface area contributed by atoms with Gasteiger partial charge in [0.25, 0.3) is 17.5 Å². The topological polar surface area (TPSA) is 467 Å². The molecule has 7 aromatic carbocycles. The monoisotopic (exact) mass is 1830 g/mol. The van der Waals surface area contributed by atoms with Crippen LogP contribution >= 0.6 is 0 Å². The van der Waals surface area contributed by atoms with Crippen LogP contribution in [-0.4, -0.2) is 247 Å². The summed E-state index contributed by atoms with van der Waals surface area (Å²) in [6.45, 7) is 26.5. The number of morpholine rings is 2. The second-order valence-corrected chi connectivity index (χ2v) is 32.9. The number of nitrogens with one attached hydrogen (secondary N) is 3. The lowest BCUT2D eigenvalue weighted by Gasteiger charge is -2.34. The maximum atomic E-state index is 13.5. The fourth-order valence-corrected chi connectivity index (χ4v) is 16.1. The molecule has 4 aliphatic rings. The van der Waals surface area contributed by atoms with Crippen molar-refractivity contribution in [1.82, 2.24) is 90.1 Å². The number of aromatic nitrogens is 12. The average molecular weight is 1830 g/mol. The van der Waals surface area contributed by atoms with Crippen molar-refractivity contribution in [3.8, 4) is 97.2 Å². The Balaban J connectivity index is 0.000000151. The van der Waals surface area contributed by atoms with Gasteiger partial charge in [0.05, 0.1) is 53.3 Å². The van der Waals surface area contributed by atoms with Crippen molar-refractivity contribution in [2.45, 2.75) is 73.4 Å². The Labute approximate surface area is 773 Å². The second-order valence-electron chi connectivity index (χ2n) is 32.9. The van der Waals surface area contributed by atoms with Gasteiger partial charge in [-0.2, -0.15) is 0 Å². The van der Waals surface area contributed by atoms with Gasteiger partial charge in [-0.15, -0.1) is 20.4 Å². The molecule has 0 atom stereocenters. The van der Waals surface area contributed by atoms with Gasteiger partial charge in [-0.1, -0.05) is 76.2 Å². The summed E-state index contributed by atoms with van der Waals surface area (Å²) in [5.41, 5.74) is 10.6. The molecule has 3 amide bonds. The van der Waals surface area contributed by atoms with Gasteiger partial charge >= 0.3 is 12.1 Å². The third-order valence-corrected chi connectivity index (χ3v) is 22.9. The fourth-order valence-electron chi connectivity index (χ4n) is 16.1. The van der Waals surface area contributed by atoms with Crippen molar-refractivity contribution in [3.63, 3.8) is 0 Å². The molecule has 4 saturated heterocycles. The van der Waals surface area contributed by atoms with Crippen molar-refractivity contribution in [2.24, 2.45) is 0 Å². The molecule has 0 spiro atoms. The molecular formula is C97H101N21O17. The molecule has 15 aromatic rings. The number of carbonyl (C=O) groups excluding carboxylic acids is 4. The van der Waals surface area contributed by atoms with E-state index in [-0.39, 0.29) is 69.7 Å². The van der Waals surface area contributed by atoms with Crippen LogP contribution in [0.25, 0.3) is 101 Å². The number of ether oxygens (including phenoxy) is 4. The number of rotatable bonds is 21. The zero-order chi connectivity index (χ0) is 94.5. The Kier molecular flexibility index (Phi) is 28.7. The third-order valence-electron chi connectivity index (χ3n) is 22.9. The Bertz CT molecular complexity index is 6800. The van der Waals surface area contributed by atoms with Crippen molar-refractivity contribution in [2.75, 3.05) is 128 Å². The molecule has 38 heteroatoms. The van der Waals surface area contributed by atoms with E-state index in [4.69, 9.17) is 43.0 Å². The maximum absolute atomic E-state index is 13.5. The summed E-state index contributed by atoms with van der Waals surface area (Å²) >= 11 is 0. The summed E-state index contributed by atoms with van der Waals surface area (Å²) in [5.74, 6) is 2.55. The van der Waals surface area contributed by atoms with Crippen LogP contribution in [0.1, 0.15) is 104 Å². The predicted molar refractivity (Wildman–Crippen MR) is 503 cm³/mol. The zero-order valence-corrected chi connectivity index (χ0v) is 75.3. The highest BCUT2D eigenvalue weighted by Gasteiger charge is 2.32. The zero-order valence-electron chi connectivity index (χ0n) is 75.3. The molecule has 12 heterocycles. The third kappa shape index (κ3) is 21.3. The van der Waals surface area contributed by atoms with Crippen molar-refractivity contribution < 1.29 is 77.4 Å². The van der Waals surface area contributed by atoms with Crippen LogP contribution in [0.3, 0.4) is 0 Å². The van der Waals surface area contributed by atoms with Crippen LogP contribution in [0.2, 0.25) is 0 Å². The standard InChI is InChI=1S/C45H46N10O7.C25H32N6O3.C19H16N4O3.C8H7NO4/c1-4-46-43(58)42-51-50-40(34-24-33(27(2)3)35(56)25-36(34)57)55(42)30-12-10-28(11-13-30)26-52-15-17-54(18-16-52)45(59)61-31-8-5-7-29(23-31)39-48-37-32-9-6-14-47-44(32)62-38(37)41(49-39)53-19-21-60-22-20-53;1-4-27-25(34)24-29-28-23(20-13-19(16(2)3)21(32)14-22(20)33)31(24)18-7-5-17(6-8-18)15-30-11-9-26-10-12-30;24-13-4-1-3-12(11-13)17-21-15-14-5-2-6-20-19(14)26-16(15)18(22-17)23-7-9-25-10-8-23;1-6(10)13-8-4-2-7(3-5-8)9(11)12/h5-14,23-25,27,56-57H,4,15-22,26H2,1-3H3,(H,46,58);5-8,13-14,16,26,32-33H,4,9-12,15H2,1-3H3,(H,27,34);1-6,11,24H,7-10H2;2-5H,1H3. The van der Waals surface area contributed by atoms with Gasteiger partial charge in [-0.3, -0.25) is 43.4 Å². The van der Waals surface area contributed by atoms with Crippen LogP contribution in [0.15, 0.2) is 191 Å². The first kappa shape index (κ1) is 92.6. The van der Waals surface area contributed by atoms with Gasteiger partial charge in [0.15, 0.2) is 46.1 Å². The molecule has 8 N–H and O–H groups in total. The van der Waals surface area contributed by atoms with Crippen LogP contribution in [0, 0.1) is 10.1 Å². The number of esters is 1. The highest BCUT2D eigenvalue weighted by atomic mass is 16.6. The number of piperazine rings is 2. The number of nitro benzene ring substituents is 1. The Hall–Kier alpha value is -15.6. The normalized spacial score (nSPS) is 14.2. The summed E-state index contributed by atoms with van der Waals surface area (Å²) in [6.07, 6.45) is 2.95. The van der Waals surface area contributed by atoms with Crippen LogP contribution in [-0.2, 0) is 27.4 Å². The van der Waals surface area contributed by atoms with Gasteiger partial charge in [0, 0.05) is 171 Å². The number of furan rings is 2. The van der Waals surface area contributed by atoms with E-state index in [1.807, 2.05) is 133 Å². The van der Waals surface area contributed by atoms with Gasteiger partial charge < -0.3 is 84.0 Å². The molecule has 135 heavy (non-hydrogen) atoms. The van der Waals surface area contributed by atoms with Crippen LogP contribution in [0.5, 0.6) is 40.2 Å². The molecule has 0 aliphatic carbocycles. The number of phenolic OH excluding ortho intramolecular Hbond substituents is 5. The Morgan fingerprint density at radius 3 is 1.40 bits per heavy atom. The molecule has 4 fully saturated rings. The first-order valence-corrected chi connectivity index (χ1v) is 44.4. The van der Waals surface area contributed by atoms with Crippen molar-refractivity contribution >= 4 is 85.6 Å². The molecule has 0 saturated carbocycles. The number of aromatic hydroxyl groups is 5. The molecule has 4 aliphatic heterocycles. The molecule has 38 nitrogen and oxygen atoms in total. The van der Waals surface area contributed by atoms with E-state index in [1.165, 1.54) is 48.9 Å². The summed E-state index contributed by atoms with van der Waals surface area (Å²) < 4.78 is 37.0. The lowest BCUT2D eigenvalue weighted by Crippen LogP contribution is -2.49. The van der Waals surface area contributed by atoms with E-state index in [0.717, 1.165) is 79.0 Å². The van der Waals surface area contributed by atoms with Crippen molar-refractivity contribution in [1.29, 1.82) is 0 Å². The van der Waals surface area contributed by atoms with Crippen molar-refractivity contribution in [3.05, 3.63) is 226 Å². The number of anilines is 2. The quantitative estimate of drug-likeness (QED) is 0.0143. The van der Waals surface area contributed by atoms with Gasteiger partial charge in [0.1, 0.15) is 51.3 Å². The number of benzene rings is 7. The lowest BCUT2D eigenvalue weighted by atomic mass is 9.98. The molecule has 19 rings (SSSR count). The number of hydrogen-bond donors (Lipinski definition) is 8. The van der Waals surface area contributed by atoms with E-state index >= 15 is 0 Å². The fraction of sp³-hybridized carbons (Fsp3) is 0.299. The number of phenols is 5. The average Bonchev–Trinajstić information content (AvgIpc) is 1.63. The van der Waals surface area contributed by atoms with Crippen LogP contribution < -0.4 is 35.2 Å². The summed E-state index contributed by atoms with van der Waals surface area (Å²) in [6, 6.07) is 48.7. The van der Waals surface area contributed by atoms with Gasteiger partial charge in [-0.25, -0.2) is 34.7 Å². The molecule has 8 aromatic heterocycles. The highest BCUT2D eigenvalue weighted by Crippen LogP contribution is 2.43. The number of amides is 3. The summed E-state index contributed by atoms with van der Waals surface area (Å²) in [4.78, 5) is 98.2. The second kappa shape index (κ2) is 41.9. The number of carbonyl (C=O) groups is 4. The number of fused-ring (bicyclic) bond motifs is 6. The minimum Gasteiger partial charge on any atom is -0.508 e. The molecular weight excluding hydrogens is 1730 g/mol. The molecule has 0 bridgehead atoms. The summed E-state index contributed by atoms with van der Waals surface area (Å²) in [7, 11) is 0. The lowest BCUT2D eigenvalue weighted by molar-refractivity contribution is -0.384. The Morgan fingerprint density at radius 2 is 0.956 bits per heavy atom. The predicted octanol–water partition coefficient (Wildman–Crippen LogP) is 13.2. The van der Waals surface area contributed by atoms with Crippen LogP contribution in [0.4, 0.5) is 22.1 Å². The smallest absolute Gasteiger partial charge is 0.415 e. The highest BCUT2D eigenvalue weighted by molar-refractivity contribution is 6.06. The Morgan fingerprint density at radius 1 is 0.496 bits per heavy atom. The van der Waals surface area contributed by atoms with Gasteiger partial charge in [-0.05, 0) is 145 Å². The number of pyridine rings is 2. The molecule has 0 unspecified atom stereocenters. The van der Waals surface area contributed by atoms with E-state index < -0.39 is 22.9 Å². The molecule has 696 valence electrons. The number of non-ortho nitro benzene ring substituents is 1. The molecule has 0 radical (unpaired) electrons. The first-order valence-electron chi connectivity index (χ1n) is 44.4. The summed E-state index contributed by atoms with van der Waals surface area (Å²) in [5, 5.41) is 89.8. The SMILES string of the molecule is CC(=O)Oc1ccc([N+](=O)[O-])cc1.CCNC(=O)c1nnc(-c2cc(C(C)C)c(O)cc2O)n1-c1ccc(CN2CCN(C(=O)Oc3cccc(-c4nc(N5CCOCC5)c5oc6ncccc6c5n4)c3)CC2)cc1.CCNC(=O)c1nnc(-c2cc(C(C)C)c(O)cc2O)n1-c1ccc(CN2CCNCC2)cc1.Oc1cccc(-c2nc(N3CCOCC3)c3oc4ncccc4c3n2)c1. The first-order chi connectivity index (χ1) is 65.4. The van der Waals surface area contributed by atoms with E-state index in [2.05, 4.69) is 70.6 Å². The van der Waals surface area contributed by atoms with E-state index in [1.54, 1.807) is 68.9 Å². The van der Waals surface area contributed by atoms with Gasteiger partial charge in [0.2, 0.25) is 23.1 Å². The minimum absolute atomic E-state index is 0.0172. The largest absolute Gasteiger partial charge is 0.508 e. The number of nitro groups is 1. The maximum Gasteiger partial charge on any atom is 0.415 e. The van der Waals surface area contributed by atoms with E-state index in [9.17, 15) is 54.8 Å². The minimum atomic E-state index is -0.516.